The Labute approximate surface area is 123 Å². The van der Waals surface area contributed by atoms with Crippen LogP contribution in [0.4, 0.5) is 13.2 Å². The number of hydrogen-bond acceptors (Lipinski definition) is 5. The molecule has 6 nitrogen and oxygen atoms in total. The monoisotopic (exact) mass is 309 g/mol. The molecule has 0 aliphatic carbocycles. The molecule has 0 aliphatic heterocycles. The lowest BCUT2D eigenvalue weighted by Crippen LogP contribution is -2.16. The van der Waals surface area contributed by atoms with Gasteiger partial charge < -0.3 is 0 Å². The van der Waals surface area contributed by atoms with Crippen LogP contribution in [0.3, 0.4) is 0 Å². The summed E-state index contributed by atoms with van der Waals surface area (Å²) in [5.74, 6) is -1.97. The summed E-state index contributed by atoms with van der Waals surface area (Å²) in [6.45, 7) is 0. The maximum Gasteiger partial charge on any atom is 0.416 e. The Kier molecular flexibility index (Phi) is 4.21. The number of carbonyl (C=O) groups excluding carboxylic acids is 1. The third kappa shape index (κ3) is 3.46. The lowest BCUT2D eigenvalue weighted by atomic mass is 9.97. The van der Waals surface area contributed by atoms with Gasteiger partial charge in [0.05, 0.1) is 29.4 Å². The number of carbonyl (C=O) groups is 1. The Morgan fingerprint density at radius 3 is 2.77 bits per heavy atom. The van der Waals surface area contributed by atoms with Crippen LogP contribution in [0, 0.1) is 11.3 Å². The fourth-order valence-corrected chi connectivity index (χ4v) is 1.84. The highest BCUT2D eigenvalue weighted by molar-refractivity contribution is 5.89. The molecule has 2 aromatic rings. The van der Waals surface area contributed by atoms with Crippen LogP contribution < -0.4 is 0 Å². The molecule has 0 amide bonds. The first-order chi connectivity index (χ1) is 10.3. The summed E-state index contributed by atoms with van der Waals surface area (Å²) in [6, 6.07) is 3.18. The average Bonchev–Trinajstić information content (AvgIpc) is 2.84. The minimum Gasteiger partial charge on any atom is -0.297 e. The van der Waals surface area contributed by atoms with Gasteiger partial charge >= 0.3 is 6.18 Å². The highest BCUT2D eigenvalue weighted by Gasteiger charge is 2.32. The fraction of sp³-hybridized carbons (Fsp3) is 0.308. The van der Waals surface area contributed by atoms with E-state index in [0.717, 1.165) is 12.3 Å². The van der Waals surface area contributed by atoms with Crippen molar-refractivity contribution >= 4 is 5.78 Å². The largest absolute Gasteiger partial charge is 0.416 e. The van der Waals surface area contributed by atoms with E-state index in [1.165, 1.54) is 10.9 Å². The summed E-state index contributed by atoms with van der Waals surface area (Å²) < 4.78 is 39.4. The van der Waals surface area contributed by atoms with Crippen molar-refractivity contribution in [2.45, 2.75) is 18.5 Å². The molecule has 2 aromatic heterocycles. The number of nitrogens with zero attached hydrogens (tertiary/aromatic N) is 5. The maximum atomic E-state index is 12.7. The van der Waals surface area contributed by atoms with Crippen molar-refractivity contribution in [3.05, 3.63) is 41.5 Å². The van der Waals surface area contributed by atoms with E-state index in [-0.39, 0.29) is 12.1 Å². The number of pyridine rings is 1. The van der Waals surface area contributed by atoms with Gasteiger partial charge in [-0.1, -0.05) is 5.21 Å². The Morgan fingerprint density at radius 1 is 1.50 bits per heavy atom. The molecule has 0 aliphatic rings. The molecule has 0 N–H and O–H groups in total. The van der Waals surface area contributed by atoms with Crippen LogP contribution in [0.5, 0.6) is 0 Å². The summed E-state index contributed by atoms with van der Waals surface area (Å²) in [5.41, 5.74) is -0.851. The third-order valence-corrected chi connectivity index (χ3v) is 2.86. The number of Topliss-reactive ketones (excluding diaryl/α,β-unsaturated/α-hetero) is 1. The van der Waals surface area contributed by atoms with Crippen molar-refractivity contribution < 1.29 is 18.0 Å². The first-order valence-corrected chi connectivity index (χ1v) is 6.12. The second-order valence-corrected chi connectivity index (χ2v) is 4.56. The molecule has 0 saturated heterocycles. The Bertz CT molecular complexity index is 732. The number of ketones is 1. The zero-order valence-electron chi connectivity index (χ0n) is 11.4. The van der Waals surface area contributed by atoms with Crippen LogP contribution in [0.1, 0.15) is 22.9 Å². The molecule has 22 heavy (non-hydrogen) atoms. The Balaban J connectivity index is 2.25. The molecular formula is C13H10F3N5O. The van der Waals surface area contributed by atoms with E-state index in [4.69, 9.17) is 5.26 Å². The Hall–Kier alpha value is -2.76. The second-order valence-electron chi connectivity index (χ2n) is 4.56. The molecule has 0 radical (unpaired) electrons. The number of hydrogen-bond donors (Lipinski definition) is 0. The molecule has 0 bridgehead atoms. The van der Waals surface area contributed by atoms with Gasteiger partial charge in [0.2, 0.25) is 0 Å². The van der Waals surface area contributed by atoms with Crippen molar-refractivity contribution in [1.29, 1.82) is 5.26 Å². The minimum atomic E-state index is -4.56. The molecule has 2 heterocycles. The first-order valence-electron chi connectivity index (χ1n) is 6.12. The summed E-state index contributed by atoms with van der Waals surface area (Å²) in [6.07, 6.45) is -2.35. The van der Waals surface area contributed by atoms with E-state index in [1.54, 1.807) is 13.1 Å². The quantitative estimate of drug-likeness (QED) is 0.857. The van der Waals surface area contributed by atoms with Crippen LogP contribution in [0.15, 0.2) is 24.5 Å². The summed E-state index contributed by atoms with van der Waals surface area (Å²) >= 11 is 0. The molecule has 114 valence electrons. The van der Waals surface area contributed by atoms with Crippen molar-refractivity contribution in [1.82, 2.24) is 20.0 Å². The van der Waals surface area contributed by atoms with Gasteiger partial charge in [0.15, 0.2) is 5.78 Å². The standard InChI is InChI=1S/C13H10F3N5O/c1-21-7-9(19-20-21)5-12(22)10(6-17)11-4-8(2-3-18-11)13(14,15)16/h2-4,7,10H,5H2,1H3. The number of alkyl halides is 3. The van der Waals surface area contributed by atoms with E-state index >= 15 is 0 Å². The summed E-state index contributed by atoms with van der Waals surface area (Å²) in [7, 11) is 1.61. The van der Waals surface area contributed by atoms with Crippen molar-refractivity contribution in [2.24, 2.45) is 7.05 Å². The van der Waals surface area contributed by atoms with Gasteiger partial charge in [0.25, 0.3) is 0 Å². The van der Waals surface area contributed by atoms with E-state index in [1.807, 2.05) is 0 Å². The van der Waals surface area contributed by atoms with Gasteiger partial charge in [0.1, 0.15) is 5.92 Å². The summed E-state index contributed by atoms with van der Waals surface area (Å²) in [4.78, 5) is 15.8. The zero-order chi connectivity index (χ0) is 16.3. The molecular weight excluding hydrogens is 299 g/mol. The highest BCUT2D eigenvalue weighted by Crippen LogP contribution is 2.30. The van der Waals surface area contributed by atoms with Crippen LogP contribution in [-0.4, -0.2) is 25.8 Å². The summed E-state index contributed by atoms with van der Waals surface area (Å²) in [5, 5.41) is 16.4. The number of halogens is 3. The molecule has 1 atom stereocenters. The van der Waals surface area contributed by atoms with Crippen molar-refractivity contribution in [2.75, 3.05) is 0 Å². The highest BCUT2D eigenvalue weighted by atomic mass is 19.4. The van der Waals surface area contributed by atoms with Gasteiger partial charge in [-0.15, -0.1) is 5.10 Å². The predicted molar refractivity (Wildman–Crippen MR) is 67.3 cm³/mol. The van der Waals surface area contributed by atoms with E-state index in [0.29, 0.717) is 11.8 Å². The lowest BCUT2D eigenvalue weighted by Gasteiger charge is -2.10. The zero-order valence-corrected chi connectivity index (χ0v) is 11.4. The van der Waals surface area contributed by atoms with E-state index in [9.17, 15) is 18.0 Å². The molecule has 0 aromatic carbocycles. The van der Waals surface area contributed by atoms with Crippen LogP contribution in [0.25, 0.3) is 0 Å². The molecule has 2 rings (SSSR count). The smallest absolute Gasteiger partial charge is 0.297 e. The first kappa shape index (κ1) is 15.6. The van der Waals surface area contributed by atoms with E-state index < -0.39 is 23.4 Å². The number of rotatable bonds is 4. The molecule has 0 spiro atoms. The van der Waals surface area contributed by atoms with Gasteiger partial charge in [-0.3, -0.25) is 14.5 Å². The number of aromatic nitrogens is 4. The SMILES string of the molecule is Cn1cc(CC(=O)C(C#N)c2cc(C(F)(F)F)ccn2)nn1. The van der Waals surface area contributed by atoms with Gasteiger partial charge in [-0.05, 0) is 12.1 Å². The normalized spacial score (nSPS) is 12.7. The molecule has 9 heteroatoms. The molecule has 1 unspecified atom stereocenters. The van der Waals surface area contributed by atoms with Crippen molar-refractivity contribution in [3.8, 4) is 6.07 Å². The minimum absolute atomic E-state index is 0.204. The van der Waals surface area contributed by atoms with Gasteiger partial charge in [0, 0.05) is 19.4 Å². The topological polar surface area (TPSA) is 84.5 Å². The van der Waals surface area contributed by atoms with Crippen molar-refractivity contribution in [3.63, 3.8) is 0 Å². The lowest BCUT2D eigenvalue weighted by molar-refractivity contribution is -0.137. The van der Waals surface area contributed by atoms with Gasteiger partial charge in [-0.25, -0.2) is 0 Å². The average molecular weight is 309 g/mol. The van der Waals surface area contributed by atoms with E-state index in [2.05, 4.69) is 15.3 Å². The Morgan fingerprint density at radius 2 is 2.23 bits per heavy atom. The van der Waals surface area contributed by atoms with Crippen LogP contribution in [-0.2, 0) is 24.4 Å². The van der Waals surface area contributed by atoms with Crippen LogP contribution >= 0.6 is 0 Å². The van der Waals surface area contributed by atoms with Crippen LogP contribution in [0.2, 0.25) is 0 Å². The van der Waals surface area contributed by atoms with Gasteiger partial charge in [-0.2, -0.15) is 18.4 Å². The fourth-order valence-electron chi connectivity index (χ4n) is 1.84. The predicted octanol–water partition coefficient (Wildman–Crippen LogP) is 1.65. The number of nitriles is 1. The number of aryl methyl sites for hydroxylation is 1. The molecule has 0 fully saturated rings. The second kappa shape index (κ2) is 5.93. The maximum absolute atomic E-state index is 12.7. The third-order valence-electron chi connectivity index (χ3n) is 2.86. The molecule has 0 saturated carbocycles.